The van der Waals surface area contributed by atoms with E-state index in [1.54, 1.807) is 0 Å². The van der Waals surface area contributed by atoms with Gasteiger partial charge in [-0.05, 0) is 6.92 Å². The topological polar surface area (TPSA) is 60.0 Å². The van der Waals surface area contributed by atoms with Gasteiger partial charge in [-0.2, -0.15) is 5.10 Å². The molecule has 0 aromatic carbocycles. The first-order chi connectivity index (χ1) is 5.86. The molecule has 0 aliphatic carbocycles. The molecule has 1 aromatic rings. The number of hydrogen-bond donors (Lipinski definition) is 1. The maximum absolute atomic E-state index is 5.41. The van der Waals surface area contributed by atoms with Gasteiger partial charge in [-0.3, -0.25) is 5.10 Å². The second kappa shape index (κ2) is 3.20. The van der Waals surface area contributed by atoms with Crippen molar-refractivity contribution in [1.29, 1.82) is 0 Å². The summed E-state index contributed by atoms with van der Waals surface area (Å²) in [5.41, 5.74) is 0. The summed E-state index contributed by atoms with van der Waals surface area (Å²) in [6, 6.07) is 0. The molecule has 1 aromatic heterocycles. The van der Waals surface area contributed by atoms with Crippen LogP contribution in [0.4, 0.5) is 0 Å². The molecule has 1 fully saturated rings. The van der Waals surface area contributed by atoms with Crippen molar-refractivity contribution in [3.05, 3.63) is 11.6 Å². The van der Waals surface area contributed by atoms with Crippen molar-refractivity contribution in [2.45, 2.75) is 13.0 Å². The monoisotopic (exact) mass is 169 g/mol. The van der Waals surface area contributed by atoms with E-state index in [9.17, 15) is 0 Å². The largest absolute Gasteiger partial charge is 0.376 e. The quantitative estimate of drug-likeness (QED) is 0.652. The van der Waals surface area contributed by atoms with Crippen molar-refractivity contribution in [2.24, 2.45) is 0 Å². The highest BCUT2D eigenvalue weighted by atomic mass is 16.6. The predicted molar refractivity (Wildman–Crippen MR) is 40.6 cm³/mol. The Balaban J connectivity index is 2.08. The summed E-state index contributed by atoms with van der Waals surface area (Å²) in [7, 11) is 0. The van der Waals surface area contributed by atoms with Gasteiger partial charge in [-0.15, -0.1) is 0 Å². The lowest BCUT2D eigenvalue weighted by Gasteiger charge is -2.19. The normalized spacial score (nSPS) is 24.2. The second-order valence-corrected chi connectivity index (χ2v) is 2.71. The molecule has 1 aliphatic heterocycles. The highest BCUT2D eigenvalue weighted by Gasteiger charge is 2.20. The molecule has 1 unspecified atom stereocenters. The molecule has 1 aliphatic rings. The van der Waals surface area contributed by atoms with Gasteiger partial charge >= 0.3 is 0 Å². The van der Waals surface area contributed by atoms with Gasteiger partial charge in [0, 0.05) is 0 Å². The molecule has 1 atom stereocenters. The summed E-state index contributed by atoms with van der Waals surface area (Å²) >= 11 is 0. The molecule has 0 spiro atoms. The Kier molecular flexibility index (Phi) is 2.05. The van der Waals surface area contributed by atoms with Crippen LogP contribution in [0.25, 0.3) is 0 Å². The van der Waals surface area contributed by atoms with Crippen LogP contribution >= 0.6 is 0 Å². The standard InChI is InChI=1S/C7H11N3O2/c1-5-8-7(10-9-5)6-4-11-2-3-12-6/h6H,2-4H2,1H3,(H,8,9,10). The van der Waals surface area contributed by atoms with E-state index in [1.807, 2.05) is 6.92 Å². The Labute approximate surface area is 70.1 Å². The Bertz CT molecular complexity index is 255. The molecule has 2 heterocycles. The molecule has 2 rings (SSSR count). The highest BCUT2D eigenvalue weighted by Crippen LogP contribution is 2.16. The van der Waals surface area contributed by atoms with Crippen LogP contribution in [-0.4, -0.2) is 35.0 Å². The average Bonchev–Trinajstić information content (AvgIpc) is 2.54. The summed E-state index contributed by atoms with van der Waals surface area (Å²) in [6.07, 6.45) is -0.0938. The predicted octanol–water partition coefficient (Wildman–Crippen LogP) is 0.201. The number of aromatic amines is 1. The number of ether oxygens (including phenoxy) is 2. The SMILES string of the molecule is Cc1nc(C2COCCO2)n[nH]1. The molecular weight excluding hydrogens is 158 g/mol. The highest BCUT2D eigenvalue weighted by molar-refractivity contribution is 4.93. The van der Waals surface area contributed by atoms with E-state index >= 15 is 0 Å². The molecule has 0 radical (unpaired) electrons. The van der Waals surface area contributed by atoms with Crippen molar-refractivity contribution in [1.82, 2.24) is 15.2 Å². The van der Waals surface area contributed by atoms with Gasteiger partial charge in [0.05, 0.1) is 19.8 Å². The Morgan fingerprint density at radius 1 is 1.50 bits per heavy atom. The Morgan fingerprint density at radius 2 is 2.42 bits per heavy atom. The molecule has 1 N–H and O–H groups in total. The van der Waals surface area contributed by atoms with Crippen molar-refractivity contribution in [3.8, 4) is 0 Å². The van der Waals surface area contributed by atoms with Crippen LogP contribution in [0.1, 0.15) is 17.8 Å². The zero-order valence-corrected chi connectivity index (χ0v) is 6.91. The Hall–Kier alpha value is -0.940. The number of rotatable bonds is 1. The van der Waals surface area contributed by atoms with Gasteiger partial charge in [0.1, 0.15) is 11.9 Å². The zero-order valence-electron chi connectivity index (χ0n) is 6.91. The van der Waals surface area contributed by atoms with Gasteiger partial charge in [0.2, 0.25) is 0 Å². The molecule has 5 heteroatoms. The summed E-state index contributed by atoms with van der Waals surface area (Å²) in [6.45, 7) is 3.70. The van der Waals surface area contributed by atoms with E-state index in [0.717, 1.165) is 5.82 Å². The molecule has 12 heavy (non-hydrogen) atoms. The number of nitrogens with one attached hydrogen (secondary N) is 1. The van der Waals surface area contributed by atoms with Crippen molar-refractivity contribution in [2.75, 3.05) is 19.8 Å². The van der Waals surface area contributed by atoms with Crippen LogP contribution in [0, 0.1) is 6.92 Å². The molecule has 1 saturated heterocycles. The van der Waals surface area contributed by atoms with Gasteiger partial charge in [-0.25, -0.2) is 4.98 Å². The summed E-state index contributed by atoms with van der Waals surface area (Å²) < 4.78 is 10.6. The van der Waals surface area contributed by atoms with E-state index in [4.69, 9.17) is 9.47 Å². The Morgan fingerprint density at radius 3 is 3.00 bits per heavy atom. The average molecular weight is 169 g/mol. The van der Waals surface area contributed by atoms with Crippen LogP contribution < -0.4 is 0 Å². The summed E-state index contributed by atoms with van der Waals surface area (Å²) in [5, 5.41) is 6.77. The van der Waals surface area contributed by atoms with E-state index in [0.29, 0.717) is 25.6 Å². The number of aromatic nitrogens is 3. The van der Waals surface area contributed by atoms with Gasteiger partial charge in [-0.1, -0.05) is 0 Å². The molecule has 0 amide bonds. The van der Waals surface area contributed by atoms with Crippen molar-refractivity contribution < 1.29 is 9.47 Å². The van der Waals surface area contributed by atoms with E-state index in [2.05, 4.69) is 15.2 Å². The fraction of sp³-hybridized carbons (Fsp3) is 0.714. The minimum atomic E-state index is -0.0938. The lowest BCUT2D eigenvalue weighted by atomic mass is 10.3. The van der Waals surface area contributed by atoms with E-state index in [1.165, 1.54) is 0 Å². The van der Waals surface area contributed by atoms with Gasteiger partial charge < -0.3 is 9.47 Å². The smallest absolute Gasteiger partial charge is 0.181 e. The molecule has 0 saturated carbocycles. The first kappa shape index (κ1) is 7.70. The minimum Gasteiger partial charge on any atom is -0.376 e. The number of nitrogens with zero attached hydrogens (tertiary/aromatic N) is 2. The van der Waals surface area contributed by atoms with Crippen LogP contribution in [0.3, 0.4) is 0 Å². The summed E-state index contributed by atoms with van der Waals surface area (Å²) in [4.78, 5) is 4.16. The number of H-pyrrole nitrogens is 1. The zero-order chi connectivity index (χ0) is 8.39. The fourth-order valence-electron chi connectivity index (χ4n) is 1.14. The first-order valence-electron chi connectivity index (χ1n) is 3.94. The van der Waals surface area contributed by atoms with Gasteiger partial charge in [0.25, 0.3) is 0 Å². The first-order valence-corrected chi connectivity index (χ1v) is 3.94. The number of hydrogen-bond acceptors (Lipinski definition) is 4. The minimum absolute atomic E-state index is 0.0938. The molecular formula is C7H11N3O2. The third-order valence-electron chi connectivity index (χ3n) is 1.72. The summed E-state index contributed by atoms with van der Waals surface area (Å²) in [5.74, 6) is 1.49. The van der Waals surface area contributed by atoms with E-state index < -0.39 is 0 Å². The fourth-order valence-corrected chi connectivity index (χ4v) is 1.14. The van der Waals surface area contributed by atoms with Crippen LogP contribution in [-0.2, 0) is 9.47 Å². The maximum Gasteiger partial charge on any atom is 0.181 e. The van der Waals surface area contributed by atoms with Crippen molar-refractivity contribution in [3.63, 3.8) is 0 Å². The van der Waals surface area contributed by atoms with Crippen LogP contribution in [0.5, 0.6) is 0 Å². The maximum atomic E-state index is 5.41. The molecule has 66 valence electrons. The second-order valence-electron chi connectivity index (χ2n) is 2.71. The molecule has 5 nitrogen and oxygen atoms in total. The third-order valence-corrected chi connectivity index (χ3v) is 1.72. The van der Waals surface area contributed by atoms with Crippen molar-refractivity contribution >= 4 is 0 Å². The lowest BCUT2D eigenvalue weighted by molar-refractivity contribution is -0.0934. The third kappa shape index (κ3) is 1.46. The lowest BCUT2D eigenvalue weighted by Crippen LogP contribution is -2.22. The van der Waals surface area contributed by atoms with Crippen LogP contribution in [0.15, 0.2) is 0 Å². The molecule has 0 bridgehead atoms. The van der Waals surface area contributed by atoms with Gasteiger partial charge in [0.15, 0.2) is 5.82 Å². The van der Waals surface area contributed by atoms with E-state index in [-0.39, 0.29) is 6.10 Å². The number of aryl methyl sites for hydroxylation is 1. The van der Waals surface area contributed by atoms with Crippen LogP contribution in [0.2, 0.25) is 0 Å².